The van der Waals surface area contributed by atoms with Gasteiger partial charge in [-0.05, 0) is 46.2 Å². The number of anilines is 1. The van der Waals surface area contributed by atoms with Crippen molar-refractivity contribution in [1.82, 2.24) is 15.1 Å². The Bertz CT molecular complexity index is 917. The molecular formula is C19H28N4O3S. The van der Waals surface area contributed by atoms with Crippen molar-refractivity contribution in [1.29, 1.82) is 0 Å². The molecule has 7 nitrogen and oxygen atoms in total. The molecule has 0 aliphatic rings. The molecule has 1 aromatic carbocycles. The molecule has 27 heavy (non-hydrogen) atoms. The summed E-state index contributed by atoms with van der Waals surface area (Å²) in [7, 11) is -2.25. The van der Waals surface area contributed by atoms with E-state index in [1.54, 1.807) is 33.0 Å². The average Bonchev–Trinajstić information content (AvgIpc) is 2.86. The van der Waals surface area contributed by atoms with Crippen LogP contribution < -0.4 is 9.62 Å². The molecule has 148 valence electrons. The second kappa shape index (κ2) is 8.12. The third kappa shape index (κ3) is 4.50. The Morgan fingerprint density at radius 3 is 2.30 bits per heavy atom. The minimum Gasteiger partial charge on any atom is -0.352 e. The zero-order chi connectivity index (χ0) is 20.4. The van der Waals surface area contributed by atoms with Crippen molar-refractivity contribution in [3.8, 4) is 0 Å². The first-order valence-corrected chi connectivity index (χ1v) is 10.4. The van der Waals surface area contributed by atoms with E-state index in [0.717, 1.165) is 16.3 Å². The van der Waals surface area contributed by atoms with Crippen molar-refractivity contribution in [2.24, 2.45) is 7.05 Å². The van der Waals surface area contributed by atoms with Gasteiger partial charge in [0.25, 0.3) is 10.0 Å². The van der Waals surface area contributed by atoms with E-state index in [2.05, 4.69) is 10.4 Å². The molecular weight excluding hydrogens is 364 g/mol. The molecule has 0 saturated heterocycles. The summed E-state index contributed by atoms with van der Waals surface area (Å²) in [6.07, 6.45) is 0.768. The minimum atomic E-state index is -3.96. The Labute approximate surface area is 161 Å². The molecule has 2 aromatic rings. The van der Waals surface area contributed by atoms with Crippen LogP contribution in [-0.4, -0.2) is 36.7 Å². The lowest BCUT2D eigenvalue weighted by Crippen LogP contribution is -2.43. The summed E-state index contributed by atoms with van der Waals surface area (Å²) in [5.74, 6) is -0.340. The summed E-state index contributed by atoms with van der Waals surface area (Å²) in [6.45, 7) is 8.85. The number of sulfonamides is 1. The third-order valence-electron chi connectivity index (χ3n) is 4.62. The van der Waals surface area contributed by atoms with Crippen molar-refractivity contribution in [2.45, 2.75) is 52.0 Å². The van der Waals surface area contributed by atoms with Gasteiger partial charge in [0.05, 0.1) is 17.1 Å². The highest BCUT2D eigenvalue weighted by molar-refractivity contribution is 7.93. The first-order valence-electron chi connectivity index (χ1n) is 8.96. The maximum atomic E-state index is 13.5. The molecule has 1 amide bonds. The Balaban J connectivity index is 2.51. The SMILES string of the molecule is CC[C@@H](C)NC(=O)CN(c1ccc(C)cc1)S(=O)(=O)c1c(C)nn(C)c1C. The predicted octanol–water partition coefficient (Wildman–Crippen LogP) is 2.46. The largest absolute Gasteiger partial charge is 0.352 e. The van der Waals surface area contributed by atoms with Crippen molar-refractivity contribution in [2.75, 3.05) is 10.8 Å². The smallest absolute Gasteiger partial charge is 0.268 e. The second-order valence-corrected chi connectivity index (χ2v) is 8.65. The lowest BCUT2D eigenvalue weighted by molar-refractivity contribution is -0.120. The molecule has 0 unspecified atom stereocenters. The van der Waals surface area contributed by atoms with Gasteiger partial charge < -0.3 is 5.32 Å². The van der Waals surface area contributed by atoms with Gasteiger partial charge in [-0.1, -0.05) is 24.6 Å². The molecule has 1 heterocycles. The molecule has 2 rings (SSSR count). The van der Waals surface area contributed by atoms with Gasteiger partial charge in [-0.25, -0.2) is 8.42 Å². The molecule has 0 spiro atoms. The van der Waals surface area contributed by atoms with Crippen LogP contribution in [-0.2, 0) is 21.9 Å². The van der Waals surface area contributed by atoms with Gasteiger partial charge in [0.2, 0.25) is 5.91 Å². The fourth-order valence-corrected chi connectivity index (χ4v) is 4.64. The third-order valence-corrected chi connectivity index (χ3v) is 6.65. The molecule has 1 N–H and O–H groups in total. The van der Waals surface area contributed by atoms with Gasteiger partial charge in [-0.3, -0.25) is 13.8 Å². The number of benzene rings is 1. The summed E-state index contributed by atoms with van der Waals surface area (Å²) in [5.41, 5.74) is 2.40. The van der Waals surface area contributed by atoms with Crippen LogP contribution in [0.25, 0.3) is 0 Å². The number of carbonyl (C=O) groups excluding carboxylic acids is 1. The van der Waals surface area contributed by atoms with Gasteiger partial charge in [-0.15, -0.1) is 0 Å². The molecule has 0 aliphatic carbocycles. The number of nitrogens with zero attached hydrogens (tertiary/aromatic N) is 3. The van der Waals surface area contributed by atoms with E-state index < -0.39 is 10.0 Å². The Kier molecular flexibility index (Phi) is 6.30. The van der Waals surface area contributed by atoms with Crippen molar-refractivity contribution >= 4 is 21.6 Å². The van der Waals surface area contributed by atoms with Gasteiger partial charge in [0.1, 0.15) is 11.4 Å². The van der Waals surface area contributed by atoms with E-state index in [1.807, 2.05) is 32.9 Å². The normalized spacial score (nSPS) is 12.7. The van der Waals surface area contributed by atoms with E-state index in [0.29, 0.717) is 17.1 Å². The summed E-state index contributed by atoms with van der Waals surface area (Å²) < 4.78 is 29.6. The molecule has 0 bridgehead atoms. The van der Waals surface area contributed by atoms with Crippen LogP contribution in [0.5, 0.6) is 0 Å². The van der Waals surface area contributed by atoms with Crippen LogP contribution in [0.3, 0.4) is 0 Å². The Morgan fingerprint density at radius 2 is 1.81 bits per heavy atom. The van der Waals surface area contributed by atoms with E-state index in [1.165, 1.54) is 4.68 Å². The van der Waals surface area contributed by atoms with Crippen LogP contribution in [0.4, 0.5) is 5.69 Å². The summed E-state index contributed by atoms with van der Waals surface area (Å²) in [5, 5.41) is 7.05. The van der Waals surface area contributed by atoms with Crippen LogP contribution in [0.2, 0.25) is 0 Å². The lowest BCUT2D eigenvalue weighted by Gasteiger charge is -2.25. The molecule has 0 saturated carbocycles. The van der Waals surface area contributed by atoms with Crippen molar-refractivity contribution < 1.29 is 13.2 Å². The van der Waals surface area contributed by atoms with Crippen molar-refractivity contribution in [3.63, 3.8) is 0 Å². The monoisotopic (exact) mass is 392 g/mol. The minimum absolute atomic E-state index is 0.0260. The molecule has 0 aliphatic heterocycles. The van der Waals surface area contributed by atoms with E-state index >= 15 is 0 Å². The topological polar surface area (TPSA) is 84.3 Å². The number of amides is 1. The molecule has 1 aromatic heterocycles. The summed E-state index contributed by atoms with van der Waals surface area (Å²) in [4.78, 5) is 12.6. The number of aromatic nitrogens is 2. The van der Waals surface area contributed by atoms with E-state index in [9.17, 15) is 13.2 Å². The van der Waals surface area contributed by atoms with Gasteiger partial charge in [-0.2, -0.15) is 5.10 Å². The average molecular weight is 393 g/mol. The number of rotatable bonds is 7. The molecule has 1 atom stereocenters. The molecule has 0 radical (unpaired) electrons. The Hall–Kier alpha value is -2.35. The number of carbonyl (C=O) groups is 1. The fourth-order valence-electron chi connectivity index (χ4n) is 2.82. The highest BCUT2D eigenvalue weighted by Crippen LogP contribution is 2.27. The van der Waals surface area contributed by atoms with E-state index in [-0.39, 0.29) is 23.4 Å². The van der Waals surface area contributed by atoms with Crippen LogP contribution >= 0.6 is 0 Å². The maximum Gasteiger partial charge on any atom is 0.268 e. The van der Waals surface area contributed by atoms with Crippen LogP contribution in [0.15, 0.2) is 29.2 Å². The summed E-state index contributed by atoms with van der Waals surface area (Å²) in [6, 6.07) is 7.05. The van der Waals surface area contributed by atoms with Gasteiger partial charge in [0, 0.05) is 13.1 Å². The summed E-state index contributed by atoms with van der Waals surface area (Å²) >= 11 is 0. The maximum absolute atomic E-state index is 13.5. The van der Waals surface area contributed by atoms with Gasteiger partial charge in [0.15, 0.2) is 0 Å². The number of nitrogens with one attached hydrogen (secondary N) is 1. The highest BCUT2D eigenvalue weighted by atomic mass is 32.2. The standard InChI is InChI=1S/C19H28N4O3S/c1-7-14(3)20-18(24)12-23(17-10-8-13(2)9-11-17)27(25,26)19-15(4)21-22(6)16(19)5/h8-11,14H,7,12H2,1-6H3,(H,20,24)/t14-/m1/s1. The number of hydrogen-bond acceptors (Lipinski definition) is 4. The number of hydrogen-bond donors (Lipinski definition) is 1. The van der Waals surface area contributed by atoms with Crippen molar-refractivity contribution in [3.05, 3.63) is 41.2 Å². The fraction of sp³-hybridized carbons (Fsp3) is 0.474. The first kappa shape index (κ1) is 21.0. The van der Waals surface area contributed by atoms with E-state index in [4.69, 9.17) is 0 Å². The van der Waals surface area contributed by atoms with Crippen LogP contribution in [0.1, 0.15) is 37.2 Å². The zero-order valence-corrected chi connectivity index (χ0v) is 17.6. The lowest BCUT2D eigenvalue weighted by atomic mass is 10.2. The zero-order valence-electron chi connectivity index (χ0n) is 16.8. The predicted molar refractivity (Wildman–Crippen MR) is 106 cm³/mol. The first-order chi connectivity index (χ1) is 12.6. The molecule has 8 heteroatoms. The number of aryl methyl sites for hydroxylation is 3. The second-order valence-electron chi connectivity index (χ2n) is 6.85. The van der Waals surface area contributed by atoms with Crippen LogP contribution in [0, 0.1) is 20.8 Å². The Morgan fingerprint density at radius 1 is 1.22 bits per heavy atom. The molecule has 0 fully saturated rings. The quantitative estimate of drug-likeness (QED) is 0.784. The highest BCUT2D eigenvalue weighted by Gasteiger charge is 2.32. The van der Waals surface area contributed by atoms with Gasteiger partial charge >= 0.3 is 0 Å².